The fraction of sp³-hybridized carbons (Fsp3) is 0.294. The molecule has 5 heteroatoms. The van der Waals surface area contributed by atoms with Crippen molar-refractivity contribution in [3.63, 3.8) is 0 Å². The van der Waals surface area contributed by atoms with Crippen molar-refractivity contribution in [1.29, 1.82) is 0 Å². The molecule has 1 aliphatic carbocycles. The molecular weight excluding hydrogens is 301 g/mol. The molecule has 22 heavy (non-hydrogen) atoms. The highest BCUT2D eigenvalue weighted by Crippen LogP contribution is 2.33. The number of halogens is 1. The summed E-state index contributed by atoms with van der Waals surface area (Å²) >= 11 is 0. The Bertz CT molecular complexity index is 785. The molecule has 1 unspecified atom stereocenters. The van der Waals surface area contributed by atoms with Crippen LogP contribution in [0.2, 0.25) is 0 Å². The summed E-state index contributed by atoms with van der Waals surface area (Å²) < 4.78 is 38.3. The van der Waals surface area contributed by atoms with Crippen molar-refractivity contribution in [2.24, 2.45) is 5.73 Å². The maximum Gasteiger partial charge on any atom is 0.206 e. The Kier molecular flexibility index (Phi) is 4.02. The number of aryl methyl sites for hydroxylation is 1. The van der Waals surface area contributed by atoms with Crippen LogP contribution in [0.1, 0.15) is 29.9 Å². The van der Waals surface area contributed by atoms with Crippen LogP contribution in [0.3, 0.4) is 0 Å². The molecule has 2 N–H and O–H groups in total. The number of fused-ring (bicyclic) bond motifs is 1. The van der Waals surface area contributed by atoms with Crippen molar-refractivity contribution in [2.75, 3.05) is 6.54 Å². The van der Waals surface area contributed by atoms with Crippen LogP contribution >= 0.6 is 0 Å². The molecule has 0 heterocycles. The van der Waals surface area contributed by atoms with Crippen LogP contribution in [-0.4, -0.2) is 15.0 Å². The number of nitrogens with two attached hydrogens (primary N) is 1. The Hall–Kier alpha value is -1.72. The van der Waals surface area contributed by atoms with E-state index in [-0.39, 0.29) is 15.7 Å². The SMILES string of the molecule is NCC1CCCc2ccc(S(=O)(=O)c3ccc(F)cc3)cc21. The van der Waals surface area contributed by atoms with Gasteiger partial charge in [0.1, 0.15) is 5.82 Å². The maximum atomic E-state index is 13.0. The summed E-state index contributed by atoms with van der Waals surface area (Å²) in [5.74, 6) is -0.236. The highest BCUT2D eigenvalue weighted by atomic mass is 32.2. The molecule has 0 amide bonds. The summed E-state index contributed by atoms with van der Waals surface area (Å²) in [5, 5.41) is 0. The second-order valence-corrected chi connectivity index (χ2v) is 7.59. The van der Waals surface area contributed by atoms with Crippen LogP contribution in [-0.2, 0) is 16.3 Å². The maximum absolute atomic E-state index is 13.0. The molecule has 3 nitrogen and oxygen atoms in total. The van der Waals surface area contributed by atoms with Crippen LogP contribution in [0.4, 0.5) is 4.39 Å². The predicted octanol–water partition coefficient (Wildman–Crippen LogP) is 3.04. The van der Waals surface area contributed by atoms with Crippen molar-refractivity contribution in [2.45, 2.75) is 35.0 Å². The van der Waals surface area contributed by atoms with Crippen molar-refractivity contribution in [3.8, 4) is 0 Å². The topological polar surface area (TPSA) is 60.2 Å². The Labute approximate surface area is 129 Å². The van der Waals surface area contributed by atoms with Crippen molar-refractivity contribution >= 4 is 9.84 Å². The summed E-state index contributed by atoms with van der Waals surface area (Å²) in [4.78, 5) is 0.354. The van der Waals surface area contributed by atoms with E-state index < -0.39 is 15.7 Å². The van der Waals surface area contributed by atoms with E-state index in [2.05, 4.69) is 0 Å². The minimum atomic E-state index is -3.63. The van der Waals surface area contributed by atoms with Crippen LogP contribution in [0.15, 0.2) is 52.3 Å². The zero-order valence-corrected chi connectivity index (χ0v) is 12.9. The van der Waals surface area contributed by atoms with Crippen molar-refractivity contribution < 1.29 is 12.8 Å². The van der Waals surface area contributed by atoms with Gasteiger partial charge in [-0.05, 0) is 79.3 Å². The first-order valence-electron chi connectivity index (χ1n) is 7.36. The number of hydrogen-bond acceptors (Lipinski definition) is 3. The zero-order chi connectivity index (χ0) is 15.7. The third kappa shape index (κ3) is 2.66. The van der Waals surface area contributed by atoms with Gasteiger partial charge in [-0.25, -0.2) is 12.8 Å². The number of hydrogen-bond donors (Lipinski definition) is 1. The van der Waals surface area contributed by atoms with E-state index in [1.165, 1.54) is 17.7 Å². The summed E-state index contributed by atoms with van der Waals surface area (Å²) in [5.41, 5.74) is 8.03. The lowest BCUT2D eigenvalue weighted by Crippen LogP contribution is -2.19. The summed E-state index contributed by atoms with van der Waals surface area (Å²) in [6.07, 6.45) is 3.03. The summed E-state index contributed by atoms with van der Waals surface area (Å²) in [6.45, 7) is 0.521. The lowest BCUT2D eigenvalue weighted by atomic mass is 9.83. The first-order chi connectivity index (χ1) is 10.5. The van der Waals surface area contributed by atoms with E-state index in [0.717, 1.165) is 37.0 Å². The lowest BCUT2D eigenvalue weighted by molar-refractivity contribution is 0.557. The molecule has 0 saturated carbocycles. The van der Waals surface area contributed by atoms with Gasteiger partial charge in [0.15, 0.2) is 0 Å². The minimum absolute atomic E-state index is 0.106. The van der Waals surface area contributed by atoms with E-state index >= 15 is 0 Å². The molecule has 0 bridgehead atoms. The average Bonchev–Trinajstić information content (AvgIpc) is 2.54. The van der Waals surface area contributed by atoms with Gasteiger partial charge in [-0.1, -0.05) is 6.07 Å². The largest absolute Gasteiger partial charge is 0.330 e. The second-order valence-electron chi connectivity index (χ2n) is 5.64. The van der Waals surface area contributed by atoms with Gasteiger partial charge in [0.25, 0.3) is 0 Å². The molecule has 0 aliphatic heterocycles. The molecule has 0 fully saturated rings. The van der Waals surface area contributed by atoms with Crippen molar-refractivity contribution in [1.82, 2.24) is 0 Å². The molecule has 1 aliphatic rings. The predicted molar refractivity (Wildman–Crippen MR) is 83.0 cm³/mol. The third-order valence-electron chi connectivity index (χ3n) is 4.27. The van der Waals surface area contributed by atoms with Gasteiger partial charge in [-0.15, -0.1) is 0 Å². The van der Waals surface area contributed by atoms with Gasteiger partial charge in [-0.2, -0.15) is 0 Å². The van der Waals surface area contributed by atoms with Gasteiger partial charge in [-0.3, -0.25) is 0 Å². The fourth-order valence-corrected chi connectivity index (χ4v) is 4.33. The first kappa shape index (κ1) is 15.2. The molecule has 116 valence electrons. The van der Waals surface area contributed by atoms with Crippen LogP contribution in [0.5, 0.6) is 0 Å². The van der Waals surface area contributed by atoms with Gasteiger partial charge in [0.05, 0.1) is 9.79 Å². The molecule has 1 atom stereocenters. The van der Waals surface area contributed by atoms with E-state index in [1.54, 1.807) is 12.1 Å². The Morgan fingerprint density at radius 1 is 1.09 bits per heavy atom. The highest BCUT2D eigenvalue weighted by molar-refractivity contribution is 7.91. The van der Waals surface area contributed by atoms with Gasteiger partial charge >= 0.3 is 0 Å². The zero-order valence-electron chi connectivity index (χ0n) is 12.1. The van der Waals surface area contributed by atoms with E-state index in [0.29, 0.717) is 6.54 Å². The molecule has 2 aromatic carbocycles. The number of benzene rings is 2. The second kappa shape index (κ2) is 5.82. The number of sulfone groups is 1. The normalized spacial score (nSPS) is 18.0. The van der Waals surface area contributed by atoms with E-state index in [1.807, 2.05) is 6.07 Å². The summed E-state index contributed by atoms with van der Waals surface area (Å²) in [7, 11) is -3.63. The first-order valence-corrected chi connectivity index (χ1v) is 8.84. The Morgan fingerprint density at radius 2 is 1.77 bits per heavy atom. The van der Waals surface area contributed by atoms with Crippen molar-refractivity contribution in [3.05, 3.63) is 59.4 Å². The molecule has 0 aromatic heterocycles. The lowest BCUT2D eigenvalue weighted by Gasteiger charge is -2.25. The van der Waals surface area contributed by atoms with Crippen LogP contribution in [0, 0.1) is 5.82 Å². The fourth-order valence-electron chi connectivity index (χ4n) is 3.04. The monoisotopic (exact) mass is 319 g/mol. The van der Waals surface area contributed by atoms with Gasteiger partial charge < -0.3 is 5.73 Å². The Balaban J connectivity index is 2.06. The Morgan fingerprint density at radius 3 is 2.45 bits per heavy atom. The van der Waals surface area contributed by atoms with Crippen LogP contribution < -0.4 is 5.73 Å². The number of rotatable bonds is 3. The van der Waals surface area contributed by atoms with Gasteiger partial charge in [0.2, 0.25) is 9.84 Å². The quantitative estimate of drug-likeness (QED) is 0.885. The average molecular weight is 319 g/mol. The third-order valence-corrected chi connectivity index (χ3v) is 6.04. The molecular formula is C17H18FNO2S. The summed E-state index contributed by atoms with van der Waals surface area (Å²) in [6, 6.07) is 10.2. The molecule has 2 aromatic rings. The molecule has 0 spiro atoms. The van der Waals surface area contributed by atoms with E-state index in [4.69, 9.17) is 5.73 Å². The standard InChI is InChI=1S/C17H18FNO2S/c18-14-5-8-15(9-6-14)22(20,21)16-7-4-12-2-1-3-13(11-19)17(12)10-16/h4-10,13H,1-3,11,19H2. The van der Waals surface area contributed by atoms with Crippen LogP contribution in [0.25, 0.3) is 0 Å². The van der Waals surface area contributed by atoms with E-state index in [9.17, 15) is 12.8 Å². The minimum Gasteiger partial charge on any atom is -0.330 e. The molecule has 0 saturated heterocycles. The highest BCUT2D eigenvalue weighted by Gasteiger charge is 2.23. The smallest absolute Gasteiger partial charge is 0.206 e. The molecule has 0 radical (unpaired) electrons. The van der Waals surface area contributed by atoms with Gasteiger partial charge in [0, 0.05) is 0 Å². The molecule has 3 rings (SSSR count).